The van der Waals surface area contributed by atoms with Crippen molar-refractivity contribution in [3.05, 3.63) is 72.7 Å². The summed E-state index contributed by atoms with van der Waals surface area (Å²) in [4.78, 5) is 15.2. The van der Waals surface area contributed by atoms with Crippen LogP contribution in [0.3, 0.4) is 0 Å². The van der Waals surface area contributed by atoms with Crippen LogP contribution in [0.5, 0.6) is 5.75 Å². The van der Waals surface area contributed by atoms with E-state index in [1.807, 2.05) is 68.8 Å². The Labute approximate surface area is 168 Å². The van der Waals surface area contributed by atoms with E-state index >= 15 is 0 Å². The average Bonchev–Trinajstić information content (AvgIpc) is 3.40. The van der Waals surface area contributed by atoms with Crippen molar-refractivity contribution in [1.82, 2.24) is 24.7 Å². The predicted octanol–water partition coefficient (Wildman–Crippen LogP) is 3.35. The number of pyridine rings is 1. The van der Waals surface area contributed by atoms with E-state index in [4.69, 9.17) is 9.26 Å². The highest BCUT2D eigenvalue weighted by molar-refractivity contribution is 5.54. The van der Waals surface area contributed by atoms with Gasteiger partial charge in [0.05, 0.1) is 5.56 Å². The number of aromatic nitrogens is 5. The standard InChI is InChI=1S/C21H22N6O2/c1-16-22-10-11-27(16)13-12-26(2)20-9-8-17(14-23-20)21-24-19(25-29-21)15-28-18-6-4-3-5-7-18/h3-11,14H,12-13,15H2,1-2H3. The topological polar surface area (TPSA) is 82.1 Å². The summed E-state index contributed by atoms with van der Waals surface area (Å²) in [5, 5.41) is 3.97. The maximum atomic E-state index is 5.64. The molecule has 3 heterocycles. The van der Waals surface area contributed by atoms with E-state index in [0.717, 1.165) is 36.0 Å². The molecule has 0 amide bonds. The first-order chi connectivity index (χ1) is 14.2. The number of nitrogens with zero attached hydrogens (tertiary/aromatic N) is 6. The van der Waals surface area contributed by atoms with E-state index < -0.39 is 0 Å². The van der Waals surface area contributed by atoms with Crippen molar-refractivity contribution in [1.29, 1.82) is 0 Å². The number of aryl methyl sites for hydroxylation is 1. The lowest BCUT2D eigenvalue weighted by Gasteiger charge is -2.18. The molecule has 0 aliphatic heterocycles. The number of para-hydroxylation sites is 1. The van der Waals surface area contributed by atoms with Gasteiger partial charge in [0.25, 0.3) is 5.89 Å². The fraction of sp³-hybridized carbons (Fsp3) is 0.238. The summed E-state index contributed by atoms with van der Waals surface area (Å²) in [7, 11) is 2.01. The minimum absolute atomic E-state index is 0.245. The molecule has 0 saturated heterocycles. The van der Waals surface area contributed by atoms with Gasteiger partial charge in [-0.15, -0.1) is 0 Å². The van der Waals surface area contributed by atoms with Gasteiger partial charge in [-0.1, -0.05) is 23.4 Å². The Kier molecular flexibility index (Phi) is 5.51. The quantitative estimate of drug-likeness (QED) is 0.456. The lowest BCUT2D eigenvalue weighted by molar-refractivity contribution is 0.287. The van der Waals surface area contributed by atoms with Crippen LogP contribution in [0.1, 0.15) is 11.6 Å². The van der Waals surface area contributed by atoms with E-state index in [1.165, 1.54) is 0 Å². The first-order valence-electron chi connectivity index (χ1n) is 9.35. The van der Waals surface area contributed by atoms with Crippen LogP contribution in [-0.4, -0.2) is 38.3 Å². The van der Waals surface area contributed by atoms with Gasteiger partial charge in [0.15, 0.2) is 6.61 Å². The van der Waals surface area contributed by atoms with Crippen molar-refractivity contribution in [2.24, 2.45) is 0 Å². The Balaban J connectivity index is 1.35. The monoisotopic (exact) mass is 390 g/mol. The predicted molar refractivity (Wildman–Crippen MR) is 109 cm³/mol. The maximum absolute atomic E-state index is 5.64. The smallest absolute Gasteiger partial charge is 0.259 e. The number of hydrogen-bond donors (Lipinski definition) is 0. The highest BCUT2D eigenvalue weighted by Crippen LogP contribution is 2.19. The molecule has 148 valence electrons. The van der Waals surface area contributed by atoms with Crippen LogP contribution >= 0.6 is 0 Å². The number of imidazole rings is 1. The molecule has 0 atom stereocenters. The van der Waals surface area contributed by atoms with E-state index in [9.17, 15) is 0 Å². The molecule has 4 rings (SSSR count). The van der Waals surface area contributed by atoms with Gasteiger partial charge < -0.3 is 18.7 Å². The van der Waals surface area contributed by atoms with Crippen LogP contribution in [0.2, 0.25) is 0 Å². The maximum Gasteiger partial charge on any atom is 0.259 e. The third-order valence-electron chi connectivity index (χ3n) is 4.57. The lowest BCUT2D eigenvalue weighted by Crippen LogP contribution is -2.23. The van der Waals surface area contributed by atoms with Crippen molar-refractivity contribution >= 4 is 5.82 Å². The summed E-state index contributed by atoms with van der Waals surface area (Å²) in [5.74, 6) is 3.55. The third-order valence-corrected chi connectivity index (χ3v) is 4.57. The van der Waals surface area contributed by atoms with Crippen LogP contribution in [0.25, 0.3) is 11.5 Å². The van der Waals surface area contributed by atoms with Gasteiger partial charge in [0.2, 0.25) is 5.82 Å². The molecule has 29 heavy (non-hydrogen) atoms. The molecule has 0 unspecified atom stereocenters. The molecule has 0 aliphatic carbocycles. The van der Waals surface area contributed by atoms with Gasteiger partial charge >= 0.3 is 0 Å². The Morgan fingerprint density at radius 1 is 1.10 bits per heavy atom. The normalized spacial score (nSPS) is 10.8. The van der Waals surface area contributed by atoms with E-state index in [2.05, 4.69) is 29.6 Å². The minimum Gasteiger partial charge on any atom is -0.485 e. The number of benzene rings is 1. The summed E-state index contributed by atoms with van der Waals surface area (Å²) in [6.07, 6.45) is 5.53. The van der Waals surface area contributed by atoms with Gasteiger partial charge in [0.1, 0.15) is 17.4 Å². The number of anilines is 1. The molecule has 0 saturated carbocycles. The van der Waals surface area contributed by atoms with Crippen LogP contribution < -0.4 is 9.64 Å². The van der Waals surface area contributed by atoms with Crippen molar-refractivity contribution in [2.45, 2.75) is 20.1 Å². The molecule has 0 fully saturated rings. The first-order valence-corrected chi connectivity index (χ1v) is 9.35. The summed E-state index contributed by atoms with van der Waals surface area (Å²) >= 11 is 0. The summed E-state index contributed by atoms with van der Waals surface area (Å²) in [5.41, 5.74) is 0.770. The Morgan fingerprint density at radius 2 is 1.97 bits per heavy atom. The number of ether oxygens (including phenoxy) is 1. The van der Waals surface area contributed by atoms with E-state index in [-0.39, 0.29) is 6.61 Å². The second kappa shape index (κ2) is 8.55. The third kappa shape index (κ3) is 4.60. The van der Waals surface area contributed by atoms with Crippen molar-refractivity contribution in [3.63, 3.8) is 0 Å². The summed E-state index contributed by atoms with van der Waals surface area (Å²) in [6.45, 7) is 3.91. The SMILES string of the molecule is Cc1nccn1CCN(C)c1ccc(-c2nc(COc3ccccc3)no2)cn1. The van der Waals surface area contributed by atoms with Crippen LogP contribution in [0.4, 0.5) is 5.82 Å². The number of likely N-dealkylation sites (N-methyl/N-ethyl adjacent to an activating group) is 1. The molecule has 1 aromatic carbocycles. The zero-order valence-corrected chi connectivity index (χ0v) is 16.4. The van der Waals surface area contributed by atoms with Crippen LogP contribution in [0, 0.1) is 6.92 Å². The number of rotatable bonds is 8. The van der Waals surface area contributed by atoms with E-state index in [0.29, 0.717) is 11.7 Å². The lowest BCUT2D eigenvalue weighted by atomic mass is 10.3. The molecule has 8 heteroatoms. The largest absolute Gasteiger partial charge is 0.485 e. The summed E-state index contributed by atoms with van der Waals surface area (Å²) in [6, 6.07) is 13.4. The highest BCUT2D eigenvalue weighted by atomic mass is 16.5. The van der Waals surface area contributed by atoms with Gasteiger partial charge in [-0.3, -0.25) is 0 Å². The molecule has 0 N–H and O–H groups in total. The molecule has 0 aliphatic rings. The van der Waals surface area contributed by atoms with Gasteiger partial charge in [-0.2, -0.15) is 4.98 Å². The van der Waals surface area contributed by atoms with Gasteiger partial charge in [-0.25, -0.2) is 9.97 Å². The van der Waals surface area contributed by atoms with Gasteiger partial charge in [-0.05, 0) is 31.2 Å². The Bertz CT molecular complexity index is 1040. The first kappa shape index (κ1) is 18.7. The van der Waals surface area contributed by atoms with Crippen molar-refractivity contribution in [3.8, 4) is 17.2 Å². The molecular formula is C21H22N6O2. The van der Waals surface area contributed by atoms with Crippen molar-refractivity contribution in [2.75, 3.05) is 18.5 Å². The molecule has 3 aromatic heterocycles. The molecule has 4 aromatic rings. The van der Waals surface area contributed by atoms with Crippen LogP contribution in [0.15, 0.2) is 65.6 Å². The zero-order chi connectivity index (χ0) is 20.1. The second-order valence-corrected chi connectivity index (χ2v) is 6.61. The zero-order valence-electron chi connectivity index (χ0n) is 16.4. The van der Waals surface area contributed by atoms with Gasteiger partial charge in [0, 0.05) is 38.7 Å². The number of hydrogen-bond acceptors (Lipinski definition) is 7. The van der Waals surface area contributed by atoms with Crippen LogP contribution in [-0.2, 0) is 13.2 Å². The Hall–Kier alpha value is -3.68. The Morgan fingerprint density at radius 3 is 2.69 bits per heavy atom. The van der Waals surface area contributed by atoms with E-state index in [1.54, 1.807) is 6.20 Å². The molecule has 0 spiro atoms. The average molecular weight is 390 g/mol. The summed E-state index contributed by atoms with van der Waals surface area (Å²) < 4.78 is 13.1. The molecular weight excluding hydrogens is 368 g/mol. The minimum atomic E-state index is 0.245. The highest BCUT2D eigenvalue weighted by Gasteiger charge is 2.11. The second-order valence-electron chi connectivity index (χ2n) is 6.61. The molecule has 8 nitrogen and oxygen atoms in total. The molecule has 0 radical (unpaired) electrons. The fourth-order valence-electron chi connectivity index (χ4n) is 2.85. The molecule has 0 bridgehead atoms. The fourth-order valence-corrected chi connectivity index (χ4v) is 2.85. The van der Waals surface area contributed by atoms with Crippen molar-refractivity contribution < 1.29 is 9.26 Å².